The Hall–Kier alpha value is -0.570. The summed E-state index contributed by atoms with van der Waals surface area (Å²) in [4.78, 5) is 11.5. The molecule has 1 N–H and O–H groups in total. The van der Waals surface area contributed by atoms with Crippen LogP contribution in [0.15, 0.2) is 0 Å². The van der Waals surface area contributed by atoms with Crippen LogP contribution in [0, 0.1) is 11.8 Å². The molecule has 0 aliphatic heterocycles. The number of hydrogen-bond acceptors (Lipinski definition) is 3. The highest BCUT2D eigenvalue weighted by Crippen LogP contribution is 2.58. The maximum absolute atomic E-state index is 11.5. The molecule has 4 bridgehead atoms. The zero-order valence-corrected chi connectivity index (χ0v) is 9.87. The standard InChI is InChI=1S/C13H20O3/c1-2-11(14)16-13-6-9-3-10(7-13)5-12(15,4-9)8-13/h9-10,15H,2-8H2,1H3. The van der Waals surface area contributed by atoms with E-state index >= 15 is 0 Å². The molecular weight excluding hydrogens is 204 g/mol. The van der Waals surface area contributed by atoms with E-state index < -0.39 is 5.60 Å². The number of hydrogen-bond donors (Lipinski definition) is 1. The molecule has 0 saturated heterocycles. The number of carbonyl (C=O) groups excluding carboxylic acids is 1. The van der Waals surface area contributed by atoms with E-state index in [2.05, 4.69) is 0 Å². The maximum Gasteiger partial charge on any atom is 0.306 e. The van der Waals surface area contributed by atoms with Gasteiger partial charge in [0.1, 0.15) is 5.60 Å². The zero-order chi connectivity index (χ0) is 11.4. The molecule has 3 heteroatoms. The Morgan fingerprint density at radius 3 is 2.44 bits per heavy atom. The molecule has 2 atom stereocenters. The van der Waals surface area contributed by atoms with Gasteiger partial charge in [-0.25, -0.2) is 0 Å². The van der Waals surface area contributed by atoms with Crippen LogP contribution < -0.4 is 0 Å². The van der Waals surface area contributed by atoms with Crippen LogP contribution in [0.25, 0.3) is 0 Å². The molecule has 0 aromatic heterocycles. The fraction of sp³-hybridized carbons (Fsp3) is 0.923. The van der Waals surface area contributed by atoms with Crippen molar-refractivity contribution in [3.63, 3.8) is 0 Å². The Morgan fingerprint density at radius 2 is 1.94 bits per heavy atom. The lowest BCUT2D eigenvalue weighted by Gasteiger charge is -2.59. The van der Waals surface area contributed by atoms with Gasteiger partial charge in [-0.05, 0) is 43.9 Å². The van der Waals surface area contributed by atoms with Gasteiger partial charge in [0.25, 0.3) is 0 Å². The first-order valence-corrected chi connectivity index (χ1v) is 6.47. The molecule has 2 unspecified atom stereocenters. The summed E-state index contributed by atoms with van der Waals surface area (Å²) in [5.41, 5.74) is -0.843. The van der Waals surface area contributed by atoms with Crippen LogP contribution in [0.3, 0.4) is 0 Å². The molecule has 4 fully saturated rings. The van der Waals surface area contributed by atoms with Gasteiger partial charge in [-0.2, -0.15) is 0 Å². The molecule has 4 saturated carbocycles. The van der Waals surface area contributed by atoms with Crippen molar-refractivity contribution in [2.24, 2.45) is 11.8 Å². The van der Waals surface area contributed by atoms with Crippen LogP contribution in [-0.2, 0) is 9.53 Å². The van der Waals surface area contributed by atoms with Crippen molar-refractivity contribution in [2.75, 3.05) is 0 Å². The summed E-state index contributed by atoms with van der Waals surface area (Å²) in [6, 6.07) is 0. The largest absolute Gasteiger partial charge is 0.459 e. The van der Waals surface area contributed by atoms with Gasteiger partial charge in [0.05, 0.1) is 5.60 Å². The molecule has 0 spiro atoms. The normalized spacial score (nSPS) is 49.4. The summed E-state index contributed by atoms with van der Waals surface area (Å²) in [6.07, 6.45) is 6.17. The van der Waals surface area contributed by atoms with Crippen molar-refractivity contribution < 1.29 is 14.6 Å². The molecule has 4 aliphatic carbocycles. The van der Waals surface area contributed by atoms with Gasteiger partial charge in [-0.3, -0.25) is 4.79 Å². The van der Waals surface area contributed by atoms with Gasteiger partial charge in [-0.15, -0.1) is 0 Å². The molecular formula is C13H20O3. The third-order valence-electron chi connectivity index (χ3n) is 4.60. The molecule has 4 aliphatic rings. The third kappa shape index (κ3) is 1.56. The lowest BCUT2D eigenvalue weighted by molar-refractivity contribution is -0.219. The van der Waals surface area contributed by atoms with Crippen LogP contribution in [-0.4, -0.2) is 22.3 Å². The second kappa shape index (κ2) is 3.22. The predicted molar refractivity (Wildman–Crippen MR) is 58.7 cm³/mol. The molecule has 3 nitrogen and oxygen atoms in total. The molecule has 4 rings (SSSR count). The summed E-state index contributed by atoms with van der Waals surface area (Å²) in [5, 5.41) is 10.5. The zero-order valence-electron chi connectivity index (χ0n) is 9.87. The lowest BCUT2D eigenvalue weighted by Crippen LogP contribution is -2.60. The smallest absolute Gasteiger partial charge is 0.306 e. The Bertz CT molecular complexity index is 309. The Balaban J connectivity index is 1.83. The summed E-state index contributed by atoms with van der Waals surface area (Å²) < 4.78 is 5.67. The van der Waals surface area contributed by atoms with Crippen LogP contribution in [0.2, 0.25) is 0 Å². The minimum atomic E-state index is -0.530. The molecule has 90 valence electrons. The van der Waals surface area contributed by atoms with E-state index in [4.69, 9.17) is 4.74 Å². The maximum atomic E-state index is 11.5. The van der Waals surface area contributed by atoms with E-state index in [1.54, 1.807) is 0 Å². The van der Waals surface area contributed by atoms with Crippen molar-refractivity contribution in [3.8, 4) is 0 Å². The van der Waals surface area contributed by atoms with Gasteiger partial charge >= 0.3 is 5.97 Å². The second-order valence-corrected chi connectivity index (χ2v) is 6.20. The number of rotatable bonds is 2. The number of ether oxygens (including phenoxy) is 1. The van der Waals surface area contributed by atoms with Crippen LogP contribution in [0.5, 0.6) is 0 Å². The molecule has 0 aromatic carbocycles. The first kappa shape index (κ1) is 10.6. The van der Waals surface area contributed by atoms with Crippen molar-refractivity contribution in [1.82, 2.24) is 0 Å². The van der Waals surface area contributed by atoms with Gasteiger partial charge in [0.15, 0.2) is 0 Å². The number of aliphatic hydroxyl groups is 1. The molecule has 0 amide bonds. The van der Waals surface area contributed by atoms with Crippen molar-refractivity contribution in [3.05, 3.63) is 0 Å². The van der Waals surface area contributed by atoms with E-state index in [-0.39, 0.29) is 11.6 Å². The SMILES string of the molecule is CCC(=O)OC12CC3CC(CC(O)(C3)C1)C2. The summed E-state index contributed by atoms with van der Waals surface area (Å²) in [7, 11) is 0. The van der Waals surface area contributed by atoms with Crippen molar-refractivity contribution in [1.29, 1.82) is 0 Å². The highest BCUT2D eigenvalue weighted by Gasteiger charge is 2.59. The summed E-state index contributed by atoms with van der Waals surface area (Å²) in [6.45, 7) is 1.83. The van der Waals surface area contributed by atoms with E-state index in [0.29, 0.717) is 24.7 Å². The third-order valence-corrected chi connectivity index (χ3v) is 4.60. The molecule has 0 radical (unpaired) electrons. The fourth-order valence-corrected chi connectivity index (χ4v) is 4.56. The summed E-state index contributed by atoms with van der Waals surface area (Å²) in [5.74, 6) is 1.05. The van der Waals surface area contributed by atoms with Gasteiger partial charge in [0, 0.05) is 12.8 Å². The van der Waals surface area contributed by atoms with Crippen LogP contribution in [0.4, 0.5) is 0 Å². The minimum absolute atomic E-state index is 0.106. The average molecular weight is 224 g/mol. The monoisotopic (exact) mass is 224 g/mol. The Kier molecular flexibility index (Phi) is 2.13. The van der Waals surface area contributed by atoms with E-state index in [0.717, 1.165) is 25.7 Å². The highest BCUT2D eigenvalue weighted by atomic mass is 16.6. The Labute approximate surface area is 96.2 Å². The topological polar surface area (TPSA) is 46.5 Å². The fourth-order valence-electron chi connectivity index (χ4n) is 4.56. The quantitative estimate of drug-likeness (QED) is 0.730. The molecule has 0 aromatic rings. The minimum Gasteiger partial charge on any atom is -0.459 e. The number of esters is 1. The van der Waals surface area contributed by atoms with E-state index in [1.807, 2.05) is 6.92 Å². The first-order valence-electron chi connectivity index (χ1n) is 6.47. The molecule has 16 heavy (non-hydrogen) atoms. The van der Waals surface area contributed by atoms with Crippen molar-refractivity contribution >= 4 is 5.97 Å². The van der Waals surface area contributed by atoms with Gasteiger partial charge < -0.3 is 9.84 Å². The van der Waals surface area contributed by atoms with Gasteiger partial charge in [-0.1, -0.05) is 6.92 Å². The van der Waals surface area contributed by atoms with E-state index in [1.165, 1.54) is 6.42 Å². The van der Waals surface area contributed by atoms with Crippen LogP contribution >= 0.6 is 0 Å². The number of carbonyl (C=O) groups is 1. The summed E-state index contributed by atoms with van der Waals surface area (Å²) >= 11 is 0. The first-order chi connectivity index (χ1) is 7.53. The highest BCUT2D eigenvalue weighted by molar-refractivity contribution is 5.69. The average Bonchev–Trinajstić information content (AvgIpc) is 2.12. The molecule has 0 heterocycles. The Morgan fingerprint density at radius 1 is 1.31 bits per heavy atom. The van der Waals surface area contributed by atoms with E-state index in [9.17, 15) is 9.90 Å². The van der Waals surface area contributed by atoms with Crippen LogP contribution in [0.1, 0.15) is 51.9 Å². The lowest BCUT2D eigenvalue weighted by atomic mass is 9.52. The predicted octanol–water partition coefficient (Wildman–Crippen LogP) is 2.02. The van der Waals surface area contributed by atoms with Crippen molar-refractivity contribution in [2.45, 2.75) is 63.1 Å². The second-order valence-electron chi connectivity index (χ2n) is 6.20. The van der Waals surface area contributed by atoms with Gasteiger partial charge in [0.2, 0.25) is 0 Å².